The Balaban J connectivity index is 1.70. The number of aromatic nitrogens is 4. The van der Waals surface area contributed by atoms with Crippen LogP contribution in [0, 0.1) is 6.92 Å². The molecule has 0 atom stereocenters. The number of benzene rings is 1. The molecule has 0 radical (unpaired) electrons. The van der Waals surface area contributed by atoms with Crippen LogP contribution in [0.25, 0.3) is 16.8 Å². The van der Waals surface area contributed by atoms with E-state index >= 15 is 0 Å². The summed E-state index contributed by atoms with van der Waals surface area (Å²) >= 11 is 5.96. The minimum absolute atomic E-state index is 0.0893. The van der Waals surface area contributed by atoms with Crippen LogP contribution in [0.15, 0.2) is 30.5 Å². The number of fused-ring (bicyclic) bond motifs is 1. The number of carbonyl (C=O) groups is 1. The molecule has 26 heavy (non-hydrogen) atoms. The largest absolute Gasteiger partial charge is 0.335 e. The maximum absolute atomic E-state index is 12.8. The maximum Gasteiger partial charge on any atom is 0.276 e. The normalized spacial score (nSPS) is 15.6. The van der Waals surface area contributed by atoms with Crippen molar-refractivity contribution >= 4 is 23.2 Å². The summed E-state index contributed by atoms with van der Waals surface area (Å²) < 4.78 is 1.68. The summed E-state index contributed by atoms with van der Waals surface area (Å²) in [4.78, 5) is 16.9. The van der Waals surface area contributed by atoms with Crippen LogP contribution in [0.4, 0.5) is 0 Å². The third-order valence-electron chi connectivity index (χ3n) is 4.80. The first-order valence-corrected chi connectivity index (χ1v) is 8.87. The Morgan fingerprint density at radius 2 is 1.77 bits per heavy atom. The number of piperazine rings is 1. The Morgan fingerprint density at radius 3 is 2.46 bits per heavy atom. The summed E-state index contributed by atoms with van der Waals surface area (Å²) in [5, 5.41) is 13.6. The van der Waals surface area contributed by atoms with E-state index in [0.717, 1.165) is 24.2 Å². The number of likely N-dealkylation sites (N-methyl/N-ethyl adjacent to an activating group) is 1. The number of nitrogens with zero attached hydrogens (tertiary/aromatic N) is 6. The molecule has 0 aliphatic carbocycles. The third-order valence-corrected chi connectivity index (χ3v) is 5.05. The van der Waals surface area contributed by atoms with Crippen LogP contribution in [-0.4, -0.2) is 68.7 Å². The number of aryl methyl sites for hydroxylation is 1. The van der Waals surface area contributed by atoms with Crippen molar-refractivity contribution in [2.24, 2.45) is 0 Å². The SMILES string of the molecule is Cc1c(C(=O)N2CCN(C)CC2)nnc2c(-c3ccc(Cl)cc3)cnn12. The van der Waals surface area contributed by atoms with Crippen LogP contribution in [-0.2, 0) is 0 Å². The number of carbonyl (C=O) groups excluding carboxylic acids is 1. The van der Waals surface area contributed by atoms with Gasteiger partial charge < -0.3 is 9.80 Å². The van der Waals surface area contributed by atoms with Gasteiger partial charge in [0.1, 0.15) is 0 Å². The fourth-order valence-corrected chi connectivity index (χ4v) is 3.27. The second kappa shape index (κ2) is 6.66. The lowest BCUT2D eigenvalue weighted by atomic mass is 10.1. The number of hydrogen-bond acceptors (Lipinski definition) is 5. The average molecular weight is 371 g/mol. The van der Waals surface area contributed by atoms with E-state index in [1.165, 1.54) is 0 Å². The molecule has 0 N–H and O–H groups in total. The van der Waals surface area contributed by atoms with E-state index in [1.54, 1.807) is 10.7 Å². The van der Waals surface area contributed by atoms with Crippen molar-refractivity contribution in [3.05, 3.63) is 46.9 Å². The van der Waals surface area contributed by atoms with Gasteiger partial charge in [-0.1, -0.05) is 23.7 Å². The van der Waals surface area contributed by atoms with E-state index in [-0.39, 0.29) is 5.91 Å². The monoisotopic (exact) mass is 370 g/mol. The van der Waals surface area contributed by atoms with Crippen LogP contribution in [0.2, 0.25) is 5.02 Å². The van der Waals surface area contributed by atoms with Crippen molar-refractivity contribution < 1.29 is 4.79 Å². The molecule has 1 aliphatic rings. The minimum atomic E-state index is -0.0893. The first-order chi connectivity index (χ1) is 12.5. The Morgan fingerprint density at radius 1 is 1.08 bits per heavy atom. The van der Waals surface area contributed by atoms with Crippen molar-refractivity contribution in [1.29, 1.82) is 0 Å². The summed E-state index contributed by atoms with van der Waals surface area (Å²) in [5.41, 5.74) is 3.49. The van der Waals surface area contributed by atoms with Gasteiger partial charge in [-0.2, -0.15) is 5.10 Å². The molecule has 1 aromatic carbocycles. The summed E-state index contributed by atoms with van der Waals surface area (Å²) in [6.07, 6.45) is 1.74. The molecule has 2 aromatic heterocycles. The quantitative estimate of drug-likeness (QED) is 0.691. The Kier molecular flexibility index (Phi) is 4.34. The Labute approximate surface area is 156 Å². The molecule has 3 heterocycles. The van der Waals surface area contributed by atoms with Crippen LogP contribution < -0.4 is 0 Å². The zero-order valence-electron chi connectivity index (χ0n) is 14.7. The fourth-order valence-electron chi connectivity index (χ4n) is 3.14. The van der Waals surface area contributed by atoms with Gasteiger partial charge in [-0.05, 0) is 31.7 Å². The molecule has 0 unspecified atom stereocenters. The fraction of sp³-hybridized carbons (Fsp3) is 0.333. The third kappa shape index (κ3) is 2.93. The van der Waals surface area contributed by atoms with Gasteiger partial charge in [-0.25, -0.2) is 4.52 Å². The highest BCUT2D eigenvalue weighted by Crippen LogP contribution is 2.25. The standard InChI is InChI=1S/C18H19ClN6O/c1-12-16(18(26)24-9-7-23(2)8-10-24)21-22-17-15(11-20-25(12)17)13-3-5-14(19)6-4-13/h3-6,11H,7-10H2,1-2H3. The molecule has 4 rings (SSSR count). The van der Waals surface area contributed by atoms with Crippen molar-refractivity contribution in [1.82, 2.24) is 29.6 Å². The number of amides is 1. The molecule has 8 heteroatoms. The molecule has 7 nitrogen and oxygen atoms in total. The average Bonchev–Trinajstić information content (AvgIpc) is 3.08. The van der Waals surface area contributed by atoms with E-state index in [0.29, 0.717) is 35.1 Å². The van der Waals surface area contributed by atoms with Crippen molar-refractivity contribution in [3.8, 4) is 11.1 Å². The van der Waals surface area contributed by atoms with Gasteiger partial charge in [0.2, 0.25) is 0 Å². The van der Waals surface area contributed by atoms with Gasteiger partial charge in [0, 0.05) is 36.8 Å². The summed E-state index contributed by atoms with van der Waals surface area (Å²) in [6.45, 7) is 4.97. The van der Waals surface area contributed by atoms with E-state index in [2.05, 4.69) is 27.2 Å². The molecule has 1 aliphatic heterocycles. The summed E-state index contributed by atoms with van der Waals surface area (Å²) in [7, 11) is 2.06. The van der Waals surface area contributed by atoms with Crippen molar-refractivity contribution in [2.75, 3.05) is 33.2 Å². The molecule has 0 spiro atoms. The van der Waals surface area contributed by atoms with Crippen molar-refractivity contribution in [2.45, 2.75) is 6.92 Å². The Bertz CT molecular complexity index is 960. The van der Waals surface area contributed by atoms with Crippen molar-refractivity contribution in [3.63, 3.8) is 0 Å². The van der Waals surface area contributed by atoms with E-state index in [9.17, 15) is 4.79 Å². The van der Waals surface area contributed by atoms with Crippen LogP contribution >= 0.6 is 11.6 Å². The van der Waals surface area contributed by atoms with Gasteiger partial charge in [-0.3, -0.25) is 4.79 Å². The van der Waals surface area contributed by atoms with Gasteiger partial charge in [0.25, 0.3) is 5.91 Å². The first-order valence-electron chi connectivity index (χ1n) is 8.49. The zero-order chi connectivity index (χ0) is 18.3. The van der Waals surface area contributed by atoms with Crippen LogP contribution in [0.5, 0.6) is 0 Å². The van der Waals surface area contributed by atoms with Gasteiger partial charge >= 0.3 is 0 Å². The van der Waals surface area contributed by atoms with Gasteiger partial charge in [0.05, 0.1) is 11.9 Å². The van der Waals surface area contributed by atoms with Crippen LogP contribution in [0.1, 0.15) is 16.2 Å². The van der Waals surface area contributed by atoms with Gasteiger partial charge in [0.15, 0.2) is 11.3 Å². The zero-order valence-corrected chi connectivity index (χ0v) is 15.4. The molecule has 1 fully saturated rings. The minimum Gasteiger partial charge on any atom is -0.335 e. The number of hydrogen-bond donors (Lipinski definition) is 0. The molecule has 0 bridgehead atoms. The highest BCUT2D eigenvalue weighted by atomic mass is 35.5. The highest BCUT2D eigenvalue weighted by molar-refractivity contribution is 6.30. The molecular weight excluding hydrogens is 352 g/mol. The molecule has 1 saturated heterocycles. The smallest absolute Gasteiger partial charge is 0.276 e. The number of rotatable bonds is 2. The maximum atomic E-state index is 12.8. The predicted molar refractivity (Wildman–Crippen MR) is 99.4 cm³/mol. The second-order valence-corrected chi connectivity index (χ2v) is 6.97. The summed E-state index contributed by atoms with van der Waals surface area (Å²) in [5.74, 6) is -0.0893. The second-order valence-electron chi connectivity index (χ2n) is 6.53. The lowest BCUT2D eigenvalue weighted by molar-refractivity contribution is 0.0655. The molecule has 3 aromatic rings. The predicted octanol–water partition coefficient (Wildman–Crippen LogP) is 2.14. The molecular formula is C18H19ClN6O. The Hall–Kier alpha value is -2.51. The topological polar surface area (TPSA) is 66.6 Å². The van der Waals surface area contributed by atoms with E-state index in [4.69, 9.17) is 11.6 Å². The molecule has 1 amide bonds. The lowest BCUT2D eigenvalue weighted by Gasteiger charge is -2.32. The number of halogens is 1. The lowest BCUT2D eigenvalue weighted by Crippen LogP contribution is -2.47. The van der Waals surface area contributed by atoms with Gasteiger partial charge in [-0.15, -0.1) is 10.2 Å². The highest BCUT2D eigenvalue weighted by Gasteiger charge is 2.25. The first kappa shape index (κ1) is 16.9. The van der Waals surface area contributed by atoms with E-state index in [1.807, 2.05) is 36.1 Å². The van der Waals surface area contributed by atoms with Crippen LogP contribution in [0.3, 0.4) is 0 Å². The summed E-state index contributed by atoms with van der Waals surface area (Å²) in [6, 6.07) is 7.48. The molecule has 134 valence electrons. The molecule has 0 saturated carbocycles. The van der Waals surface area contributed by atoms with E-state index < -0.39 is 0 Å².